The summed E-state index contributed by atoms with van der Waals surface area (Å²) in [5.41, 5.74) is 2.15. The third kappa shape index (κ3) is 6.86. The third-order valence-electron chi connectivity index (χ3n) is 6.20. The van der Waals surface area contributed by atoms with Gasteiger partial charge in [0.2, 0.25) is 0 Å². The van der Waals surface area contributed by atoms with E-state index >= 15 is 0 Å². The molecule has 1 fully saturated rings. The summed E-state index contributed by atoms with van der Waals surface area (Å²) in [6, 6.07) is 14.0. The standard InChI is InChI=1S/C26H38N2O4/c1-4-32-25-11-7-9-23(26(25)29)20-28(16-17-30-2)18-21-12-14-27(15-13-21)19-22-8-5-6-10-24(22)31-3/h5-11,21,29H,4,12-20H2,1-3H3. The van der Waals surface area contributed by atoms with E-state index in [1.54, 1.807) is 14.2 Å². The molecule has 0 bridgehead atoms. The number of hydrogen-bond acceptors (Lipinski definition) is 6. The summed E-state index contributed by atoms with van der Waals surface area (Å²) in [5.74, 6) is 2.41. The van der Waals surface area contributed by atoms with E-state index in [4.69, 9.17) is 14.2 Å². The van der Waals surface area contributed by atoms with Gasteiger partial charge in [0.15, 0.2) is 11.5 Å². The number of likely N-dealkylation sites (tertiary alicyclic amines) is 1. The quantitative estimate of drug-likeness (QED) is 0.533. The monoisotopic (exact) mass is 442 g/mol. The molecule has 0 saturated carbocycles. The molecule has 0 unspecified atom stereocenters. The normalized spacial score (nSPS) is 15.2. The Labute approximate surface area is 192 Å². The molecule has 0 aromatic heterocycles. The van der Waals surface area contributed by atoms with Crippen molar-refractivity contribution in [3.8, 4) is 17.2 Å². The molecule has 1 N–H and O–H groups in total. The number of nitrogens with zero attached hydrogens (tertiary/aromatic N) is 2. The van der Waals surface area contributed by atoms with Crippen LogP contribution in [-0.2, 0) is 17.8 Å². The minimum absolute atomic E-state index is 0.253. The van der Waals surface area contributed by atoms with Crippen LogP contribution in [0, 0.1) is 5.92 Å². The van der Waals surface area contributed by atoms with Crippen LogP contribution >= 0.6 is 0 Å². The average Bonchev–Trinajstić information content (AvgIpc) is 2.81. The fourth-order valence-corrected chi connectivity index (χ4v) is 4.43. The number of rotatable bonds is 12. The molecule has 1 aliphatic heterocycles. The van der Waals surface area contributed by atoms with Crippen LogP contribution in [0.25, 0.3) is 0 Å². The number of para-hydroxylation sites is 2. The summed E-state index contributed by atoms with van der Waals surface area (Å²) < 4.78 is 16.4. The largest absolute Gasteiger partial charge is 0.504 e. The highest BCUT2D eigenvalue weighted by Crippen LogP contribution is 2.31. The first-order valence-electron chi connectivity index (χ1n) is 11.6. The molecule has 3 rings (SSSR count). The van der Waals surface area contributed by atoms with Crippen LogP contribution in [0.4, 0.5) is 0 Å². The minimum Gasteiger partial charge on any atom is -0.504 e. The Bertz CT molecular complexity index is 821. The van der Waals surface area contributed by atoms with Gasteiger partial charge < -0.3 is 19.3 Å². The Morgan fingerprint density at radius 1 is 1.00 bits per heavy atom. The zero-order chi connectivity index (χ0) is 22.8. The van der Waals surface area contributed by atoms with Crippen molar-refractivity contribution in [1.29, 1.82) is 0 Å². The van der Waals surface area contributed by atoms with Gasteiger partial charge >= 0.3 is 0 Å². The molecule has 1 saturated heterocycles. The first-order chi connectivity index (χ1) is 15.6. The molecular weight excluding hydrogens is 404 g/mol. The van der Waals surface area contributed by atoms with E-state index in [2.05, 4.69) is 21.9 Å². The Morgan fingerprint density at radius 3 is 2.44 bits per heavy atom. The summed E-state index contributed by atoms with van der Waals surface area (Å²) >= 11 is 0. The molecule has 2 aromatic carbocycles. The van der Waals surface area contributed by atoms with Crippen molar-refractivity contribution < 1.29 is 19.3 Å². The highest BCUT2D eigenvalue weighted by atomic mass is 16.5. The lowest BCUT2D eigenvalue weighted by Crippen LogP contribution is -2.39. The molecule has 32 heavy (non-hydrogen) atoms. The number of aromatic hydroxyl groups is 1. The number of phenolic OH excluding ortho intramolecular Hbond substituents is 1. The van der Waals surface area contributed by atoms with E-state index in [0.717, 1.165) is 44.0 Å². The van der Waals surface area contributed by atoms with Gasteiger partial charge in [0.1, 0.15) is 5.75 Å². The van der Waals surface area contributed by atoms with Crippen LogP contribution in [0.5, 0.6) is 17.2 Å². The number of hydrogen-bond donors (Lipinski definition) is 1. The number of phenols is 1. The van der Waals surface area contributed by atoms with E-state index in [1.807, 2.05) is 37.3 Å². The lowest BCUT2D eigenvalue weighted by molar-refractivity contribution is 0.105. The highest BCUT2D eigenvalue weighted by molar-refractivity contribution is 5.45. The van der Waals surface area contributed by atoms with Crippen LogP contribution in [0.2, 0.25) is 0 Å². The van der Waals surface area contributed by atoms with Crippen molar-refractivity contribution in [2.45, 2.75) is 32.9 Å². The number of ether oxygens (including phenoxy) is 3. The van der Waals surface area contributed by atoms with Gasteiger partial charge in [-0.25, -0.2) is 0 Å². The van der Waals surface area contributed by atoms with E-state index in [0.29, 0.717) is 31.4 Å². The van der Waals surface area contributed by atoms with Gasteiger partial charge in [-0.3, -0.25) is 9.80 Å². The van der Waals surface area contributed by atoms with Gasteiger partial charge in [0, 0.05) is 44.4 Å². The van der Waals surface area contributed by atoms with Crippen LogP contribution < -0.4 is 9.47 Å². The zero-order valence-corrected chi connectivity index (χ0v) is 19.8. The van der Waals surface area contributed by atoms with Crippen molar-refractivity contribution in [3.05, 3.63) is 53.6 Å². The molecule has 1 aliphatic rings. The van der Waals surface area contributed by atoms with E-state index in [1.165, 1.54) is 18.4 Å². The summed E-state index contributed by atoms with van der Waals surface area (Å²) in [6.45, 7) is 8.80. The molecule has 0 radical (unpaired) electrons. The van der Waals surface area contributed by atoms with Crippen molar-refractivity contribution in [1.82, 2.24) is 9.80 Å². The van der Waals surface area contributed by atoms with Crippen LogP contribution in [0.3, 0.4) is 0 Å². The number of piperidine rings is 1. The predicted molar refractivity (Wildman–Crippen MR) is 127 cm³/mol. The first kappa shape index (κ1) is 24.4. The minimum atomic E-state index is 0.253. The van der Waals surface area contributed by atoms with Gasteiger partial charge in [-0.05, 0) is 50.9 Å². The highest BCUT2D eigenvalue weighted by Gasteiger charge is 2.23. The van der Waals surface area contributed by atoms with Crippen LogP contribution in [0.1, 0.15) is 30.9 Å². The maximum Gasteiger partial charge on any atom is 0.162 e. The molecular formula is C26H38N2O4. The fourth-order valence-electron chi connectivity index (χ4n) is 4.43. The maximum atomic E-state index is 10.6. The smallest absolute Gasteiger partial charge is 0.162 e. The lowest BCUT2D eigenvalue weighted by atomic mass is 9.95. The molecule has 0 amide bonds. The molecule has 0 spiro atoms. The van der Waals surface area contributed by atoms with E-state index in [9.17, 15) is 5.11 Å². The molecule has 6 nitrogen and oxygen atoms in total. The topological polar surface area (TPSA) is 54.4 Å². The van der Waals surface area contributed by atoms with Gasteiger partial charge in [0.05, 0.1) is 20.3 Å². The SMILES string of the molecule is CCOc1cccc(CN(CCOC)CC2CCN(Cc3ccccc3OC)CC2)c1O. The number of benzene rings is 2. The molecule has 6 heteroatoms. The molecule has 1 heterocycles. The van der Waals surface area contributed by atoms with E-state index < -0.39 is 0 Å². The van der Waals surface area contributed by atoms with Gasteiger partial charge in [-0.15, -0.1) is 0 Å². The average molecular weight is 443 g/mol. The van der Waals surface area contributed by atoms with Crippen molar-refractivity contribution in [3.63, 3.8) is 0 Å². The van der Waals surface area contributed by atoms with E-state index in [-0.39, 0.29) is 5.75 Å². The second-order valence-electron chi connectivity index (χ2n) is 8.46. The molecule has 2 aromatic rings. The summed E-state index contributed by atoms with van der Waals surface area (Å²) in [5, 5.41) is 10.6. The second kappa shape index (κ2) is 12.7. The second-order valence-corrected chi connectivity index (χ2v) is 8.46. The lowest BCUT2D eigenvalue weighted by Gasteiger charge is -2.35. The van der Waals surface area contributed by atoms with Crippen LogP contribution in [-0.4, -0.2) is 68.5 Å². The third-order valence-corrected chi connectivity index (χ3v) is 6.20. The van der Waals surface area contributed by atoms with Gasteiger partial charge in [-0.1, -0.05) is 30.3 Å². The summed E-state index contributed by atoms with van der Waals surface area (Å²) in [7, 11) is 3.48. The number of methoxy groups -OCH3 is 2. The Morgan fingerprint density at radius 2 is 1.72 bits per heavy atom. The Balaban J connectivity index is 1.56. The van der Waals surface area contributed by atoms with Crippen molar-refractivity contribution in [2.24, 2.45) is 5.92 Å². The maximum absolute atomic E-state index is 10.6. The predicted octanol–water partition coefficient (Wildman–Crippen LogP) is 4.16. The molecule has 0 atom stereocenters. The van der Waals surface area contributed by atoms with Gasteiger partial charge in [-0.2, -0.15) is 0 Å². The Kier molecular flexibility index (Phi) is 9.65. The van der Waals surface area contributed by atoms with Crippen molar-refractivity contribution >= 4 is 0 Å². The summed E-state index contributed by atoms with van der Waals surface area (Å²) in [4.78, 5) is 4.92. The summed E-state index contributed by atoms with van der Waals surface area (Å²) in [6.07, 6.45) is 2.34. The fraction of sp³-hybridized carbons (Fsp3) is 0.538. The first-order valence-corrected chi connectivity index (χ1v) is 11.6. The Hall–Kier alpha value is -2.28. The van der Waals surface area contributed by atoms with Crippen molar-refractivity contribution in [2.75, 3.05) is 53.6 Å². The van der Waals surface area contributed by atoms with Crippen LogP contribution in [0.15, 0.2) is 42.5 Å². The van der Waals surface area contributed by atoms with Gasteiger partial charge in [0.25, 0.3) is 0 Å². The molecule has 0 aliphatic carbocycles. The molecule has 176 valence electrons. The zero-order valence-electron chi connectivity index (χ0n) is 19.8.